The van der Waals surface area contributed by atoms with E-state index in [1.807, 2.05) is 18.2 Å². The van der Waals surface area contributed by atoms with Gasteiger partial charge in [0.15, 0.2) is 11.9 Å². The van der Waals surface area contributed by atoms with Crippen molar-refractivity contribution < 1.29 is 57.8 Å². The smallest absolute Gasteiger partial charge is 0.252 e. The molecule has 0 aliphatic carbocycles. The quantitative estimate of drug-likeness (QED) is 0.0811. The number of ketones is 2. The van der Waals surface area contributed by atoms with Gasteiger partial charge in [0, 0.05) is 74.9 Å². The van der Waals surface area contributed by atoms with Crippen LogP contribution in [-0.4, -0.2) is 157 Å². The van der Waals surface area contributed by atoms with Crippen molar-refractivity contribution in [1.82, 2.24) is 15.5 Å². The Balaban J connectivity index is 1.14. The predicted molar refractivity (Wildman–Crippen MR) is 217 cm³/mol. The minimum atomic E-state index is -1.90. The van der Waals surface area contributed by atoms with E-state index >= 15 is 0 Å². The molecule has 58 heavy (non-hydrogen) atoms. The number of nitrogens with zero attached hydrogens (tertiary/aromatic N) is 1. The van der Waals surface area contributed by atoms with Gasteiger partial charge < -0.3 is 54.2 Å². The SMILES string of the molecule is CNC(=O)CCOCCOCCOCCCC(=O)[C@H](O)[C@@H](O)C(=O)NCCOCCOCCOCCC(=O)Cc1cccc(C2CN(C)Cc3c(Cl)cc(Cl)cc32)c1. The van der Waals surface area contributed by atoms with Gasteiger partial charge in [0.1, 0.15) is 11.9 Å². The summed E-state index contributed by atoms with van der Waals surface area (Å²) in [4.78, 5) is 50.4. The van der Waals surface area contributed by atoms with Crippen LogP contribution in [0.25, 0.3) is 0 Å². The number of carbonyl (C=O) groups excluding carboxylic acids is 4. The van der Waals surface area contributed by atoms with Crippen molar-refractivity contribution in [2.75, 3.05) is 106 Å². The number of amides is 2. The predicted octanol–water partition coefficient (Wildman–Crippen LogP) is 2.50. The van der Waals surface area contributed by atoms with E-state index in [1.54, 1.807) is 13.1 Å². The van der Waals surface area contributed by atoms with Crippen molar-refractivity contribution in [3.05, 3.63) is 68.7 Å². The molecule has 0 spiro atoms. The molecule has 0 aromatic heterocycles. The zero-order chi connectivity index (χ0) is 42.1. The number of Topliss-reactive ketones (excluding diaryl/α,β-unsaturated/α-hetero) is 2. The Labute approximate surface area is 350 Å². The molecule has 0 bridgehead atoms. The van der Waals surface area contributed by atoms with Crippen LogP contribution in [0.2, 0.25) is 10.0 Å². The Hall–Kier alpha value is -3.06. The molecule has 1 aliphatic rings. The first-order valence-corrected chi connectivity index (χ1v) is 20.4. The summed E-state index contributed by atoms with van der Waals surface area (Å²) in [5.74, 6) is -1.47. The number of carbonyl (C=O) groups is 4. The summed E-state index contributed by atoms with van der Waals surface area (Å²) in [6.45, 7) is 5.13. The van der Waals surface area contributed by atoms with Crippen molar-refractivity contribution in [3.8, 4) is 0 Å². The summed E-state index contributed by atoms with van der Waals surface area (Å²) in [5.41, 5.74) is 4.27. The number of aliphatic hydroxyl groups is 2. The van der Waals surface area contributed by atoms with E-state index < -0.39 is 23.9 Å². The van der Waals surface area contributed by atoms with Gasteiger partial charge in [-0.25, -0.2) is 0 Å². The number of hydrogen-bond donors (Lipinski definition) is 4. The molecule has 3 atom stereocenters. The van der Waals surface area contributed by atoms with Crippen LogP contribution in [-0.2, 0) is 60.6 Å². The highest BCUT2D eigenvalue weighted by molar-refractivity contribution is 6.35. The molecular formula is C41H59Cl2N3O12. The van der Waals surface area contributed by atoms with Crippen LogP contribution in [0.5, 0.6) is 0 Å². The molecule has 0 fully saturated rings. The molecule has 1 unspecified atom stereocenters. The van der Waals surface area contributed by atoms with Gasteiger partial charge in [-0.15, -0.1) is 0 Å². The van der Waals surface area contributed by atoms with Crippen LogP contribution in [0.3, 0.4) is 0 Å². The van der Waals surface area contributed by atoms with E-state index in [0.29, 0.717) is 69.1 Å². The fourth-order valence-electron chi connectivity index (χ4n) is 6.09. The highest BCUT2D eigenvalue weighted by Crippen LogP contribution is 2.38. The Morgan fingerprint density at radius 1 is 0.776 bits per heavy atom. The molecule has 1 aliphatic heterocycles. The number of hydrogen-bond acceptors (Lipinski definition) is 13. The molecule has 324 valence electrons. The van der Waals surface area contributed by atoms with E-state index in [-0.39, 0.29) is 76.4 Å². The fourth-order valence-corrected chi connectivity index (χ4v) is 6.66. The van der Waals surface area contributed by atoms with Crippen LogP contribution in [0.4, 0.5) is 0 Å². The van der Waals surface area contributed by atoms with Gasteiger partial charge in [-0.05, 0) is 47.9 Å². The third-order valence-electron chi connectivity index (χ3n) is 9.17. The molecule has 17 heteroatoms. The van der Waals surface area contributed by atoms with Gasteiger partial charge >= 0.3 is 0 Å². The molecule has 4 N–H and O–H groups in total. The lowest BCUT2D eigenvalue weighted by atomic mass is 9.84. The molecular weight excluding hydrogens is 797 g/mol. The lowest BCUT2D eigenvalue weighted by Gasteiger charge is -2.33. The molecule has 15 nitrogen and oxygen atoms in total. The van der Waals surface area contributed by atoms with E-state index in [9.17, 15) is 29.4 Å². The van der Waals surface area contributed by atoms with Crippen molar-refractivity contribution >= 4 is 46.6 Å². The Bertz CT molecular complexity index is 1570. The number of rotatable bonds is 31. The molecule has 3 rings (SSSR count). The lowest BCUT2D eigenvalue weighted by molar-refractivity contribution is -0.145. The topological polar surface area (TPSA) is 191 Å². The van der Waals surface area contributed by atoms with Gasteiger partial charge in [0.25, 0.3) is 5.91 Å². The number of benzene rings is 2. The summed E-state index contributed by atoms with van der Waals surface area (Å²) in [6, 6.07) is 11.9. The van der Waals surface area contributed by atoms with E-state index in [0.717, 1.165) is 35.3 Å². The second kappa shape index (κ2) is 28.4. The number of nitrogens with one attached hydrogen (secondary N) is 2. The average Bonchev–Trinajstić information content (AvgIpc) is 3.20. The maximum atomic E-state index is 12.7. The molecule has 1 heterocycles. The first-order valence-electron chi connectivity index (χ1n) is 19.6. The second-order valence-electron chi connectivity index (χ2n) is 13.8. The summed E-state index contributed by atoms with van der Waals surface area (Å²) >= 11 is 12.9. The third kappa shape index (κ3) is 18.9. The van der Waals surface area contributed by atoms with Crippen LogP contribution in [0.1, 0.15) is 53.9 Å². The molecule has 2 aromatic rings. The Morgan fingerprint density at radius 3 is 2.03 bits per heavy atom. The average molecular weight is 857 g/mol. The van der Waals surface area contributed by atoms with Crippen molar-refractivity contribution in [1.29, 1.82) is 0 Å². The van der Waals surface area contributed by atoms with Gasteiger partial charge in [-0.3, -0.25) is 19.2 Å². The zero-order valence-electron chi connectivity index (χ0n) is 33.5. The van der Waals surface area contributed by atoms with Gasteiger partial charge in [0.2, 0.25) is 5.91 Å². The first kappa shape index (κ1) is 49.3. The van der Waals surface area contributed by atoms with Gasteiger partial charge in [-0.2, -0.15) is 0 Å². The number of aliphatic hydroxyl groups excluding tert-OH is 2. The Kier molecular flexibility index (Phi) is 24.2. The van der Waals surface area contributed by atoms with E-state index in [1.165, 1.54) is 0 Å². The van der Waals surface area contributed by atoms with E-state index in [2.05, 4.69) is 34.7 Å². The fraction of sp³-hybridized carbons (Fsp3) is 0.610. The summed E-state index contributed by atoms with van der Waals surface area (Å²) < 4.78 is 32.5. The minimum Gasteiger partial charge on any atom is -0.382 e. The minimum absolute atomic E-state index is 0.0614. The summed E-state index contributed by atoms with van der Waals surface area (Å²) in [6.07, 6.45) is -2.65. The number of fused-ring (bicyclic) bond motifs is 1. The summed E-state index contributed by atoms with van der Waals surface area (Å²) in [5, 5.41) is 26.4. The maximum Gasteiger partial charge on any atom is 0.252 e. The molecule has 0 saturated heterocycles. The third-order valence-corrected chi connectivity index (χ3v) is 9.72. The van der Waals surface area contributed by atoms with Crippen molar-refractivity contribution in [2.24, 2.45) is 0 Å². The van der Waals surface area contributed by atoms with Gasteiger partial charge in [-0.1, -0.05) is 47.5 Å². The first-order chi connectivity index (χ1) is 28.0. The molecule has 2 amide bonds. The zero-order valence-corrected chi connectivity index (χ0v) is 35.0. The standard InChI is InChI=1S/C41H59Cl2N3O12/c1-44-38(49)9-13-55-17-21-57-19-15-53-11-4-7-37(48)39(50)40(51)41(52)45-10-14-56-18-22-58-20-16-54-12-8-32(47)24-29-5-3-6-30(23-29)34-27-46(2)28-35-33(34)25-31(42)26-36(35)43/h3,5-6,23,25-26,34,39-40,50-51H,4,7-22,24,27-28H2,1-2H3,(H,44,49)(H,45,52)/t34?,39-,40+/m0/s1. The van der Waals surface area contributed by atoms with Crippen molar-refractivity contribution in [3.63, 3.8) is 0 Å². The van der Waals surface area contributed by atoms with Crippen molar-refractivity contribution in [2.45, 2.75) is 56.8 Å². The van der Waals surface area contributed by atoms with Crippen LogP contribution in [0.15, 0.2) is 36.4 Å². The highest BCUT2D eigenvalue weighted by Gasteiger charge is 2.30. The van der Waals surface area contributed by atoms with Gasteiger partial charge in [0.05, 0.1) is 72.7 Å². The summed E-state index contributed by atoms with van der Waals surface area (Å²) in [7, 11) is 3.63. The monoisotopic (exact) mass is 855 g/mol. The molecule has 0 radical (unpaired) electrons. The number of likely N-dealkylation sites (N-methyl/N-ethyl adjacent to an activating group) is 1. The Morgan fingerprint density at radius 2 is 1.38 bits per heavy atom. The van der Waals surface area contributed by atoms with E-state index in [4.69, 9.17) is 51.6 Å². The van der Waals surface area contributed by atoms with Crippen LogP contribution in [0, 0.1) is 0 Å². The maximum absolute atomic E-state index is 12.7. The normalized spacial score (nSPS) is 15.1. The molecule has 2 aromatic carbocycles. The number of ether oxygens (including phenoxy) is 6. The molecule has 0 saturated carbocycles. The largest absolute Gasteiger partial charge is 0.382 e. The van der Waals surface area contributed by atoms with Crippen LogP contribution >= 0.6 is 23.2 Å². The second-order valence-corrected chi connectivity index (χ2v) is 14.6. The lowest BCUT2D eigenvalue weighted by Crippen LogP contribution is -2.46. The highest BCUT2D eigenvalue weighted by atomic mass is 35.5. The van der Waals surface area contributed by atoms with Crippen LogP contribution < -0.4 is 10.6 Å². The number of halogens is 2.